The number of aromatic hydroxyl groups is 1. The topological polar surface area (TPSA) is 29.5 Å². The lowest BCUT2D eigenvalue weighted by Gasteiger charge is -2.11. The molecule has 2 aromatic carbocycles. The molecule has 0 fully saturated rings. The molecular formula is C14H10F4O2. The third-order valence-corrected chi connectivity index (χ3v) is 2.59. The van der Waals surface area contributed by atoms with E-state index in [-0.39, 0.29) is 6.61 Å². The molecule has 0 saturated carbocycles. The van der Waals surface area contributed by atoms with Crippen molar-refractivity contribution in [3.8, 4) is 11.5 Å². The summed E-state index contributed by atoms with van der Waals surface area (Å²) in [6.07, 6.45) is -4.60. The van der Waals surface area contributed by atoms with Gasteiger partial charge in [0.1, 0.15) is 23.9 Å². The van der Waals surface area contributed by atoms with E-state index in [9.17, 15) is 22.7 Å². The summed E-state index contributed by atoms with van der Waals surface area (Å²) in [5.41, 5.74) is -0.720. The molecule has 1 N–H and O–H groups in total. The average Bonchev–Trinajstić information content (AvgIpc) is 2.36. The van der Waals surface area contributed by atoms with E-state index < -0.39 is 23.3 Å². The summed E-state index contributed by atoms with van der Waals surface area (Å²) < 4.78 is 55.3. The number of alkyl halides is 3. The fraction of sp³-hybridized carbons (Fsp3) is 0.143. The normalized spacial score (nSPS) is 11.4. The molecule has 0 aromatic heterocycles. The molecule has 2 nitrogen and oxygen atoms in total. The van der Waals surface area contributed by atoms with Crippen LogP contribution in [-0.2, 0) is 12.8 Å². The summed E-state index contributed by atoms with van der Waals surface area (Å²) >= 11 is 0. The van der Waals surface area contributed by atoms with Crippen molar-refractivity contribution in [2.45, 2.75) is 12.8 Å². The minimum atomic E-state index is -4.60. The van der Waals surface area contributed by atoms with Crippen molar-refractivity contribution >= 4 is 0 Å². The molecule has 106 valence electrons. The molecule has 0 aliphatic rings. The third-order valence-electron chi connectivity index (χ3n) is 2.59. The van der Waals surface area contributed by atoms with Gasteiger partial charge in [-0.1, -0.05) is 6.07 Å². The van der Waals surface area contributed by atoms with Crippen LogP contribution in [0.1, 0.15) is 11.1 Å². The molecular weight excluding hydrogens is 276 g/mol. The van der Waals surface area contributed by atoms with Gasteiger partial charge in [0.25, 0.3) is 0 Å². The van der Waals surface area contributed by atoms with Gasteiger partial charge in [-0.25, -0.2) is 4.39 Å². The number of hydrogen-bond donors (Lipinski definition) is 1. The summed E-state index contributed by atoms with van der Waals surface area (Å²) in [5, 5.41) is 9.34. The molecule has 0 amide bonds. The quantitative estimate of drug-likeness (QED) is 0.860. The van der Waals surface area contributed by atoms with Crippen molar-refractivity contribution in [3.63, 3.8) is 0 Å². The van der Waals surface area contributed by atoms with E-state index in [1.165, 1.54) is 30.3 Å². The van der Waals surface area contributed by atoms with E-state index in [2.05, 4.69) is 0 Å². The van der Waals surface area contributed by atoms with E-state index in [4.69, 9.17) is 4.74 Å². The summed E-state index contributed by atoms with van der Waals surface area (Å²) in [6, 6.07) is 8.22. The molecule has 0 saturated heterocycles. The molecule has 0 spiro atoms. The van der Waals surface area contributed by atoms with Gasteiger partial charge in [-0.15, -0.1) is 0 Å². The van der Waals surface area contributed by atoms with E-state index in [0.717, 1.165) is 12.1 Å². The van der Waals surface area contributed by atoms with Crippen molar-refractivity contribution < 1.29 is 27.4 Å². The van der Waals surface area contributed by atoms with Crippen LogP contribution >= 0.6 is 0 Å². The Morgan fingerprint density at radius 1 is 1.00 bits per heavy atom. The molecule has 0 atom stereocenters. The molecule has 0 bridgehead atoms. The first-order chi connectivity index (χ1) is 9.36. The molecule has 6 heteroatoms. The third kappa shape index (κ3) is 3.40. The number of benzene rings is 2. The lowest BCUT2D eigenvalue weighted by atomic mass is 10.1. The number of hydrogen-bond acceptors (Lipinski definition) is 2. The van der Waals surface area contributed by atoms with Gasteiger partial charge >= 0.3 is 6.18 Å². The first-order valence-electron chi connectivity index (χ1n) is 5.64. The number of phenolic OH excluding ortho intramolecular Hbond substituents is 1. The zero-order valence-corrected chi connectivity index (χ0v) is 10.1. The molecule has 0 aliphatic carbocycles. The first kappa shape index (κ1) is 14.2. The van der Waals surface area contributed by atoms with Crippen LogP contribution in [0.2, 0.25) is 0 Å². The van der Waals surface area contributed by atoms with Gasteiger partial charge in [0.2, 0.25) is 0 Å². The maximum Gasteiger partial charge on any atom is 0.419 e. The zero-order valence-electron chi connectivity index (χ0n) is 10.1. The Kier molecular flexibility index (Phi) is 3.83. The van der Waals surface area contributed by atoms with E-state index >= 15 is 0 Å². The fourth-order valence-electron chi connectivity index (χ4n) is 1.60. The lowest BCUT2D eigenvalue weighted by Crippen LogP contribution is -2.06. The standard InChI is InChI=1S/C14H10F4O2/c15-10-2-4-11(5-3-10)20-8-9-1-6-12(13(19)7-9)14(16,17)18/h1-7,19H,8H2. The van der Waals surface area contributed by atoms with Gasteiger partial charge in [0.05, 0.1) is 5.56 Å². The summed E-state index contributed by atoms with van der Waals surface area (Å²) in [6.45, 7) is -0.0304. The Bertz CT molecular complexity index is 591. The van der Waals surface area contributed by atoms with Gasteiger partial charge in [0, 0.05) is 0 Å². The van der Waals surface area contributed by atoms with Crippen molar-refractivity contribution in [1.82, 2.24) is 0 Å². The van der Waals surface area contributed by atoms with E-state index in [1.54, 1.807) is 0 Å². The Labute approximate surface area is 112 Å². The minimum absolute atomic E-state index is 0.0304. The van der Waals surface area contributed by atoms with Crippen LogP contribution in [0.25, 0.3) is 0 Å². The van der Waals surface area contributed by atoms with E-state index in [0.29, 0.717) is 11.3 Å². The maximum atomic E-state index is 12.7. The highest BCUT2D eigenvalue weighted by Crippen LogP contribution is 2.36. The maximum absolute atomic E-state index is 12.7. The molecule has 0 aliphatic heterocycles. The Hall–Kier alpha value is -2.24. The van der Waals surface area contributed by atoms with Gasteiger partial charge in [-0.2, -0.15) is 13.2 Å². The van der Waals surface area contributed by atoms with Gasteiger partial charge < -0.3 is 9.84 Å². The number of rotatable bonds is 3. The minimum Gasteiger partial charge on any atom is -0.507 e. The molecule has 20 heavy (non-hydrogen) atoms. The summed E-state index contributed by atoms with van der Waals surface area (Å²) in [7, 11) is 0. The lowest BCUT2D eigenvalue weighted by molar-refractivity contribution is -0.138. The SMILES string of the molecule is Oc1cc(COc2ccc(F)cc2)ccc1C(F)(F)F. The van der Waals surface area contributed by atoms with Crippen LogP contribution in [-0.4, -0.2) is 5.11 Å². The second-order valence-corrected chi connectivity index (χ2v) is 4.09. The Morgan fingerprint density at radius 3 is 2.20 bits per heavy atom. The molecule has 0 radical (unpaired) electrons. The highest BCUT2D eigenvalue weighted by atomic mass is 19.4. The molecule has 2 rings (SSSR count). The molecule has 0 unspecified atom stereocenters. The van der Waals surface area contributed by atoms with Crippen LogP contribution in [0, 0.1) is 5.82 Å². The number of halogens is 4. The van der Waals surface area contributed by atoms with Gasteiger partial charge in [-0.3, -0.25) is 0 Å². The highest BCUT2D eigenvalue weighted by molar-refractivity contribution is 5.38. The largest absolute Gasteiger partial charge is 0.507 e. The Balaban J connectivity index is 2.07. The van der Waals surface area contributed by atoms with Crippen LogP contribution in [0.4, 0.5) is 17.6 Å². The second-order valence-electron chi connectivity index (χ2n) is 4.09. The summed E-state index contributed by atoms with van der Waals surface area (Å²) in [4.78, 5) is 0. The molecule has 0 heterocycles. The van der Waals surface area contributed by atoms with Gasteiger partial charge in [-0.05, 0) is 42.0 Å². The fourth-order valence-corrected chi connectivity index (χ4v) is 1.60. The second kappa shape index (κ2) is 5.40. The van der Waals surface area contributed by atoms with Crippen LogP contribution in [0.5, 0.6) is 11.5 Å². The number of phenols is 1. The van der Waals surface area contributed by atoms with Crippen molar-refractivity contribution in [3.05, 3.63) is 59.4 Å². The molecule has 2 aromatic rings. The monoisotopic (exact) mass is 286 g/mol. The first-order valence-corrected chi connectivity index (χ1v) is 5.64. The zero-order chi connectivity index (χ0) is 14.8. The van der Waals surface area contributed by atoms with Crippen molar-refractivity contribution in [1.29, 1.82) is 0 Å². The smallest absolute Gasteiger partial charge is 0.419 e. The van der Waals surface area contributed by atoms with Crippen LogP contribution < -0.4 is 4.74 Å². The van der Waals surface area contributed by atoms with Crippen molar-refractivity contribution in [2.24, 2.45) is 0 Å². The van der Waals surface area contributed by atoms with Gasteiger partial charge in [0.15, 0.2) is 0 Å². The highest BCUT2D eigenvalue weighted by Gasteiger charge is 2.33. The van der Waals surface area contributed by atoms with Crippen LogP contribution in [0.15, 0.2) is 42.5 Å². The van der Waals surface area contributed by atoms with Crippen molar-refractivity contribution in [2.75, 3.05) is 0 Å². The predicted molar refractivity (Wildman–Crippen MR) is 63.8 cm³/mol. The Morgan fingerprint density at radius 2 is 1.65 bits per heavy atom. The van der Waals surface area contributed by atoms with E-state index in [1.807, 2.05) is 0 Å². The van der Waals surface area contributed by atoms with Crippen LogP contribution in [0.3, 0.4) is 0 Å². The predicted octanol–water partition coefficient (Wildman–Crippen LogP) is 4.13. The number of ether oxygens (including phenoxy) is 1. The summed E-state index contributed by atoms with van der Waals surface area (Å²) in [5.74, 6) is -0.881. The average molecular weight is 286 g/mol.